The molecule has 2 aromatic rings. The molecule has 3 N–H and O–H groups in total. The molecule has 7 heteroatoms. The number of nitrogens with one attached hydrogen (secondary N) is 1. The van der Waals surface area contributed by atoms with Crippen LogP contribution in [0.4, 0.5) is 14.6 Å². The summed E-state index contributed by atoms with van der Waals surface area (Å²) in [4.78, 5) is 8.12. The molecule has 0 atom stereocenters. The first-order chi connectivity index (χ1) is 8.99. The van der Waals surface area contributed by atoms with Crippen molar-refractivity contribution in [2.75, 3.05) is 5.43 Å². The van der Waals surface area contributed by atoms with Crippen LogP contribution in [0.5, 0.6) is 11.6 Å². The number of hydrogen-bond donors (Lipinski definition) is 2. The minimum Gasteiger partial charge on any atom is -0.438 e. The number of aryl methyl sites for hydroxylation is 1. The van der Waals surface area contributed by atoms with Gasteiger partial charge in [0.05, 0.1) is 5.56 Å². The van der Waals surface area contributed by atoms with Crippen molar-refractivity contribution >= 4 is 5.82 Å². The highest BCUT2D eigenvalue weighted by molar-refractivity contribution is 5.48. The number of nitrogen functional groups attached to an aromatic ring is 1. The number of ether oxygens (including phenoxy) is 1. The lowest BCUT2D eigenvalue weighted by Gasteiger charge is -2.11. The highest BCUT2D eigenvalue weighted by Gasteiger charge is 2.11. The van der Waals surface area contributed by atoms with Gasteiger partial charge in [-0.3, -0.25) is 0 Å². The Hall–Kier alpha value is -2.28. The first-order valence-corrected chi connectivity index (χ1v) is 5.45. The monoisotopic (exact) mass is 266 g/mol. The number of halogens is 2. The van der Waals surface area contributed by atoms with E-state index in [0.717, 1.165) is 18.2 Å². The van der Waals surface area contributed by atoms with Crippen LogP contribution in [-0.4, -0.2) is 9.97 Å². The number of rotatable bonds is 3. The number of benzene rings is 1. The molecule has 1 heterocycles. The lowest BCUT2D eigenvalue weighted by atomic mass is 10.3. The SMILES string of the molecule is Cc1nc(NN)c(C)c(Oc2cc(F)cc(F)c2)n1. The van der Waals surface area contributed by atoms with Crippen molar-refractivity contribution < 1.29 is 13.5 Å². The molecule has 0 bridgehead atoms. The van der Waals surface area contributed by atoms with Crippen LogP contribution in [0.3, 0.4) is 0 Å². The Balaban J connectivity index is 2.40. The second kappa shape index (κ2) is 5.15. The third-order valence-electron chi connectivity index (χ3n) is 2.40. The fourth-order valence-electron chi connectivity index (χ4n) is 1.54. The van der Waals surface area contributed by atoms with Crippen LogP contribution in [0.25, 0.3) is 0 Å². The standard InChI is InChI=1S/C12H12F2N4O/c1-6-11(18-15)16-7(2)17-12(6)19-10-4-8(13)3-9(14)5-10/h3-5H,15H2,1-2H3,(H,16,17,18). The van der Waals surface area contributed by atoms with Crippen molar-refractivity contribution in [3.05, 3.63) is 41.2 Å². The summed E-state index contributed by atoms with van der Waals surface area (Å²) >= 11 is 0. The molecule has 0 aliphatic rings. The number of hydrogen-bond acceptors (Lipinski definition) is 5. The number of nitrogens with zero attached hydrogens (tertiary/aromatic N) is 2. The molecular weight excluding hydrogens is 254 g/mol. The van der Waals surface area contributed by atoms with Crippen LogP contribution < -0.4 is 16.0 Å². The minimum absolute atomic E-state index is 0.0154. The van der Waals surface area contributed by atoms with E-state index in [1.54, 1.807) is 13.8 Å². The maximum atomic E-state index is 13.1. The molecule has 100 valence electrons. The number of hydrazine groups is 1. The van der Waals surface area contributed by atoms with E-state index in [4.69, 9.17) is 10.6 Å². The van der Waals surface area contributed by atoms with Crippen LogP contribution in [0.1, 0.15) is 11.4 Å². The Morgan fingerprint density at radius 2 is 1.74 bits per heavy atom. The molecule has 0 radical (unpaired) electrons. The second-order valence-electron chi connectivity index (χ2n) is 3.90. The van der Waals surface area contributed by atoms with Gasteiger partial charge >= 0.3 is 0 Å². The van der Waals surface area contributed by atoms with E-state index in [1.807, 2.05) is 0 Å². The zero-order valence-electron chi connectivity index (χ0n) is 10.4. The average Bonchev–Trinajstić information content (AvgIpc) is 2.32. The molecule has 1 aromatic carbocycles. The van der Waals surface area contributed by atoms with Crippen molar-refractivity contribution in [3.8, 4) is 11.6 Å². The molecule has 0 amide bonds. The van der Waals surface area contributed by atoms with E-state index in [-0.39, 0.29) is 11.6 Å². The van der Waals surface area contributed by atoms with E-state index >= 15 is 0 Å². The first-order valence-electron chi connectivity index (χ1n) is 5.45. The van der Waals surface area contributed by atoms with Gasteiger partial charge in [-0.15, -0.1) is 0 Å². The summed E-state index contributed by atoms with van der Waals surface area (Å²) in [6.07, 6.45) is 0. The zero-order chi connectivity index (χ0) is 14.0. The quantitative estimate of drug-likeness (QED) is 0.659. The maximum absolute atomic E-state index is 13.1. The molecule has 0 aliphatic carbocycles. The molecule has 0 saturated heterocycles. The molecule has 19 heavy (non-hydrogen) atoms. The van der Waals surface area contributed by atoms with Crippen LogP contribution in [0.15, 0.2) is 18.2 Å². The summed E-state index contributed by atoms with van der Waals surface area (Å²) in [5, 5.41) is 0. The Bertz CT molecular complexity index is 599. The fourth-order valence-corrected chi connectivity index (χ4v) is 1.54. The average molecular weight is 266 g/mol. The third kappa shape index (κ3) is 2.94. The van der Waals surface area contributed by atoms with Crippen molar-refractivity contribution in [3.63, 3.8) is 0 Å². The molecule has 0 unspecified atom stereocenters. The Kier molecular flexibility index (Phi) is 3.57. The molecule has 1 aromatic heterocycles. The molecule has 0 spiro atoms. The maximum Gasteiger partial charge on any atom is 0.227 e. The number of aromatic nitrogens is 2. The first kappa shape index (κ1) is 13.2. The third-order valence-corrected chi connectivity index (χ3v) is 2.40. The van der Waals surface area contributed by atoms with Crippen LogP contribution in [0.2, 0.25) is 0 Å². The Labute approximate surface area is 108 Å². The largest absolute Gasteiger partial charge is 0.438 e. The highest BCUT2D eigenvalue weighted by atomic mass is 19.1. The molecule has 0 fully saturated rings. The van der Waals surface area contributed by atoms with Gasteiger partial charge in [-0.1, -0.05) is 0 Å². The van der Waals surface area contributed by atoms with Crippen LogP contribution >= 0.6 is 0 Å². The van der Waals surface area contributed by atoms with Crippen molar-refractivity contribution in [1.29, 1.82) is 0 Å². The van der Waals surface area contributed by atoms with Crippen molar-refractivity contribution in [1.82, 2.24) is 9.97 Å². The molecule has 0 aliphatic heterocycles. The molecule has 2 rings (SSSR count). The van der Waals surface area contributed by atoms with Gasteiger partial charge in [-0.25, -0.2) is 19.6 Å². The van der Waals surface area contributed by atoms with Gasteiger partial charge in [0, 0.05) is 18.2 Å². The van der Waals surface area contributed by atoms with E-state index < -0.39 is 11.6 Å². The zero-order valence-corrected chi connectivity index (χ0v) is 10.4. The lowest BCUT2D eigenvalue weighted by Crippen LogP contribution is -2.12. The Morgan fingerprint density at radius 1 is 1.11 bits per heavy atom. The Morgan fingerprint density at radius 3 is 2.32 bits per heavy atom. The van der Waals surface area contributed by atoms with Gasteiger partial charge in [-0.05, 0) is 13.8 Å². The van der Waals surface area contributed by atoms with E-state index in [1.165, 1.54) is 0 Å². The van der Waals surface area contributed by atoms with E-state index in [0.29, 0.717) is 17.2 Å². The smallest absolute Gasteiger partial charge is 0.227 e. The van der Waals surface area contributed by atoms with Gasteiger partial charge in [0.15, 0.2) is 0 Å². The topological polar surface area (TPSA) is 73.1 Å². The highest BCUT2D eigenvalue weighted by Crippen LogP contribution is 2.27. The minimum atomic E-state index is -0.726. The number of nitrogens with two attached hydrogens (primary N) is 1. The van der Waals surface area contributed by atoms with Crippen LogP contribution in [-0.2, 0) is 0 Å². The fraction of sp³-hybridized carbons (Fsp3) is 0.167. The van der Waals surface area contributed by atoms with Gasteiger partial charge in [0.1, 0.15) is 29.0 Å². The van der Waals surface area contributed by atoms with Gasteiger partial charge in [0.2, 0.25) is 5.88 Å². The van der Waals surface area contributed by atoms with Gasteiger partial charge < -0.3 is 10.2 Å². The summed E-state index contributed by atoms with van der Waals surface area (Å²) in [6, 6.07) is 2.89. The second-order valence-corrected chi connectivity index (χ2v) is 3.90. The van der Waals surface area contributed by atoms with Crippen LogP contribution in [0, 0.1) is 25.5 Å². The molecule has 0 saturated carbocycles. The van der Waals surface area contributed by atoms with Crippen molar-refractivity contribution in [2.45, 2.75) is 13.8 Å². The molecule has 5 nitrogen and oxygen atoms in total. The van der Waals surface area contributed by atoms with E-state index in [9.17, 15) is 8.78 Å². The lowest BCUT2D eigenvalue weighted by molar-refractivity contribution is 0.445. The van der Waals surface area contributed by atoms with E-state index in [2.05, 4.69) is 15.4 Å². The predicted molar refractivity (Wildman–Crippen MR) is 65.7 cm³/mol. The summed E-state index contributed by atoms with van der Waals surface area (Å²) in [7, 11) is 0. The summed E-state index contributed by atoms with van der Waals surface area (Å²) in [5.74, 6) is 4.87. The summed E-state index contributed by atoms with van der Waals surface area (Å²) < 4.78 is 31.5. The predicted octanol–water partition coefficient (Wildman–Crippen LogP) is 2.45. The summed E-state index contributed by atoms with van der Waals surface area (Å²) in [6.45, 7) is 3.33. The normalized spacial score (nSPS) is 10.4. The number of anilines is 1. The van der Waals surface area contributed by atoms with Gasteiger partial charge in [0.25, 0.3) is 0 Å². The summed E-state index contributed by atoms with van der Waals surface area (Å²) in [5.41, 5.74) is 2.95. The van der Waals surface area contributed by atoms with Gasteiger partial charge in [-0.2, -0.15) is 4.98 Å². The molecular formula is C12H12F2N4O. The van der Waals surface area contributed by atoms with Crippen molar-refractivity contribution in [2.24, 2.45) is 5.84 Å².